The molecule has 136 valence electrons. The topological polar surface area (TPSA) is 55.4 Å². The normalized spacial score (nSPS) is 12.2. The van der Waals surface area contributed by atoms with E-state index in [1.54, 1.807) is 24.3 Å². The van der Waals surface area contributed by atoms with E-state index in [0.29, 0.717) is 17.9 Å². The fourth-order valence-electron chi connectivity index (χ4n) is 1.98. The molecular weight excluding hydrogens is 375 g/mol. The van der Waals surface area contributed by atoms with Crippen LogP contribution >= 0.6 is 11.8 Å². The van der Waals surface area contributed by atoms with Crippen molar-refractivity contribution in [3.05, 3.63) is 54.1 Å². The molecule has 0 heterocycles. The van der Waals surface area contributed by atoms with Crippen LogP contribution in [0.1, 0.15) is 12.5 Å². The van der Waals surface area contributed by atoms with Crippen molar-refractivity contribution in [1.29, 1.82) is 0 Å². The Hall–Kier alpha value is -1.71. The SMILES string of the molecule is CCOCc1ccccc1NS(=O)(=O)c1ccc(SC(F)(F)F)cc1. The molecule has 2 aromatic carbocycles. The number of rotatable bonds is 7. The van der Waals surface area contributed by atoms with Gasteiger partial charge in [0.2, 0.25) is 0 Å². The zero-order valence-electron chi connectivity index (χ0n) is 13.2. The maximum atomic E-state index is 12.4. The smallest absolute Gasteiger partial charge is 0.377 e. The lowest BCUT2D eigenvalue weighted by molar-refractivity contribution is -0.0328. The minimum Gasteiger partial charge on any atom is -0.377 e. The first kappa shape index (κ1) is 19.6. The molecule has 0 saturated heterocycles. The van der Waals surface area contributed by atoms with Crippen molar-refractivity contribution in [2.45, 2.75) is 28.8 Å². The Morgan fingerprint density at radius 2 is 1.72 bits per heavy atom. The number of hydrogen-bond donors (Lipinski definition) is 1. The van der Waals surface area contributed by atoms with Crippen LogP contribution in [-0.2, 0) is 21.4 Å². The van der Waals surface area contributed by atoms with Gasteiger partial charge < -0.3 is 4.74 Å². The number of halogens is 3. The van der Waals surface area contributed by atoms with Gasteiger partial charge in [-0.25, -0.2) is 8.42 Å². The van der Waals surface area contributed by atoms with Crippen molar-refractivity contribution in [2.75, 3.05) is 11.3 Å². The van der Waals surface area contributed by atoms with Gasteiger partial charge in [-0.2, -0.15) is 13.2 Å². The number of alkyl halides is 3. The van der Waals surface area contributed by atoms with Crippen LogP contribution in [0.15, 0.2) is 58.3 Å². The Morgan fingerprint density at radius 1 is 1.08 bits per heavy atom. The largest absolute Gasteiger partial charge is 0.446 e. The molecule has 9 heteroatoms. The van der Waals surface area contributed by atoms with Crippen LogP contribution in [0.3, 0.4) is 0 Å². The molecule has 0 aliphatic carbocycles. The van der Waals surface area contributed by atoms with E-state index in [0.717, 1.165) is 24.3 Å². The zero-order valence-corrected chi connectivity index (χ0v) is 14.8. The highest BCUT2D eigenvalue weighted by Crippen LogP contribution is 2.37. The lowest BCUT2D eigenvalue weighted by Gasteiger charge is -2.13. The second-order valence-corrected chi connectivity index (χ2v) is 7.74. The average molecular weight is 391 g/mol. The summed E-state index contributed by atoms with van der Waals surface area (Å²) in [7, 11) is -3.92. The van der Waals surface area contributed by atoms with Gasteiger partial charge in [0.25, 0.3) is 10.0 Å². The van der Waals surface area contributed by atoms with Crippen molar-refractivity contribution in [3.63, 3.8) is 0 Å². The summed E-state index contributed by atoms with van der Waals surface area (Å²) >= 11 is -0.296. The minimum absolute atomic E-state index is 0.0804. The molecule has 25 heavy (non-hydrogen) atoms. The van der Waals surface area contributed by atoms with Crippen LogP contribution in [0.2, 0.25) is 0 Å². The summed E-state index contributed by atoms with van der Waals surface area (Å²) in [5.74, 6) is 0. The molecule has 0 spiro atoms. The van der Waals surface area contributed by atoms with E-state index in [9.17, 15) is 21.6 Å². The van der Waals surface area contributed by atoms with Crippen LogP contribution in [0.25, 0.3) is 0 Å². The predicted octanol–water partition coefficient (Wildman–Crippen LogP) is 4.64. The molecule has 0 atom stereocenters. The number of para-hydroxylation sites is 1. The number of anilines is 1. The molecule has 2 rings (SSSR count). The number of sulfonamides is 1. The van der Waals surface area contributed by atoms with Gasteiger partial charge >= 0.3 is 5.51 Å². The molecule has 0 amide bonds. The quantitative estimate of drug-likeness (QED) is 0.699. The average Bonchev–Trinajstić information content (AvgIpc) is 2.53. The molecule has 0 saturated carbocycles. The van der Waals surface area contributed by atoms with Crippen LogP contribution in [-0.4, -0.2) is 20.5 Å². The van der Waals surface area contributed by atoms with Gasteiger partial charge in [0.15, 0.2) is 0 Å². The highest BCUT2D eigenvalue weighted by molar-refractivity contribution is 8.00. The van der Waals surface area contributed by atoms with Gasteiger partial charge in [-0.3, -0.25) is 4.72 Å². The molecule has 0 radical (unpaired) electrons. The Bertz CT molecular complexity index is 806. The third kappa shape index (κ3) is 5.94. The van der Waals surface area contributed by atoms with Crippen LogP contribution in [0.4, 0.5) is 18.9 Å². The molecule has 1 N–H and O–H groups in total. The van der Waals surface area contributed by atoms with Crippen molar-refractivity contribution in [2.24, 2.45) is 0 Å². The fourth-order valence-corrected chi connectivity index (χ4v) is 3.62. The Balaban J connectivity index is 2.19. The Labute approximate surface area is 148 Å². The van der Waals surface area contributed by atoms with E-state index in [1.165, 1.54) is 0 Å². The molecule has 0 bridgehead atoms. The summed E-state index contributed by atoms with van der Waals surface area (Å²) in [4.78, 5) is -0.201. The second-order valence-electron chi connectivity index (χ2n) is 4.92. The van der Waals surface area contributed by atoms with Gasteiger partial charge in [0.05, 0.1) is 17.2 Å². The molecule has 0 fully saturated rings. The number of benzene rings is 2. The summed E-state index contributed by atoms with van der Waals surface area (Å²) in [6.45, 7) is 2.56. The molecular formula is C16H16F3NO3S2. The Kier molecular flexibility index (Phi) is 6.36. The summed E-state index contributed by atoms with van der Waals surface area (Å²) < 4.78 is 69.6. The van der Waals surface area contributed by atoms with Crippen LogP contribution < -0.4 is 4.72 Å². The lowest BCUT2D eigenvalue weighted by atomic mass is 10.2. The monoisotopic (exact) mass is 391 g/mol. The second kappa shape index (κ2) is 8.11. The maximum Gasteiger partial charge on any atom is 0.446 e. The van der Waals surface area contributed by atoms with E-state index in [1.807, 2.05) is 6.92 Å². The molecule has 0 aromatic heterocycles. The molecule has 2 aromatic rings. The highest BCUT2D eigenvalue weighted by atomic mass is 32.2. The van der Waals surface area contributed by atoms with Crippen LogP contribution in [0, 0.1) is 0 Å². The standard InChI is InChI=1S/C16H16F3NO3S2/c1-2-23-11-12-5-3-4-6-15(12)20-25(21,22)14-9-7-13(8-10-14)24-16(17,18)19/h3-10,20H,2,11H2,1H3. The summed E-state index contributed by atoms with van der Waals surface area (Å²) in [5, 5.41) is 0. The summed E-state index contributed by atoms with van der Waals surface area (Å²) in [5.41, 5.74) is -3.39. The number of hydrogen-bond acceptors (Lipinski definition) is 4. The maximum absolute atomic E-state index is 12.4. The first-order valence-electron chi connectivity index (χ1n) is 7.25. The summed E-state index contributed by atoms with van der Waals surface area (Å²) in [6, 6.07) is 11.3. The molecule has 0 aliphatic heterocycles. The number of nitrogens with one attached hydrogen (secondary N) is 1. The van der Waals surface area contributed by atoms with Crippen LogP contribution in [0.5, 0.6) is 0 Å². The zero-order chi connectivity index (χ0) is 18.5. The van der Waals surface area contributed by atoms with Crippen molar-refractivity contribution in [1.82, 2.24) is 0 Å². The van der Waals surface area contributed by atoms with E-state index < -0.39 is 15.5 Å². The van der Waals surface area contributed by atoms with Gasteiger partial charge in [0, 0.05) is 17.1 Å². The molecule has 4 nitrogen and oxygen atoms in total. The van der Waals surface area contributed by atoms with Gasteiger partial charge in [0.1, 0.15) is 0 Å². The molecule has 0 aliphatic rings. The van der Waals surface area contributed by atoms with E-state index in [-0.39, 0.29) is 28.2 Å². The Morgan fingerprint density at radius 3 is 2.32 bits per heavy atom. The highest BCUT2D eigenvalue weighted by Gasteiger charge is 2.29. The first-order valence-corrected chi connectivity index (χ1v) is 9.55. The lowest BCUT2D eigenvalue weighted by Crippen LogP contribution is -2.14. The van der Waals surface area contributed by atoms with E-state index in [4.69, 9.17) is 4.74 Å². The first-order chi connectivity index (χ1) is 11.7. The van der Waals surface area contributed by atoms with Crippen molar-refractivity contribution >= 4 is 27.5 Å². The van der Waals surface area contributed by atoms with E-state index >= 15 is 0 Å². The van der Waals surface area contributed by atoms with Crippen molar-refractivity contribution < 1.29 is 26.3 Å². The van der Waals surface area contributed by atoms with Gasteiger partial charge in [-0.15, -0.1) is 0 Å². The summed E-state index contributed by atoms with van der Waals surface area (Å²) in [6.07, 6.45) is 0. The third-order valence-corrected chi connectivity index (χ3v) is 5.21. The van der Waals surface area contributed by atoms with Crippen molar-refractivity contribution in [3.8, 4) is 0 Å². The molecule has 0 unspecified atom stereocenters. The fraction of sp³-hybridized carbons (Fsp3) is 0.250. The van der Waals surface area contributed by atoms with Gasteiger partial charge in [-0.1, -0.05) is 18.2 Å². The third-order valence-electron chi connectivity index (χ3n) is 3.09. The van der Waals surface area contributed by atoms with E-state index in [2.05, 4.69) is 4.72 Å². The predicted molar refractivity (Wildman–Crippen MR) is 90.9 cm³/mol. The number of ether oxygens (including phenoxy) is 1. The minimum atomic E-state index is -4.42. The number of thioether (sulfide) groups is 1. The van der Waals surface area contributed by atoms with Gasteiger partial charge in [-0.05, 0) is 49.0 Å².